The summed E-state index contributed by atoms with van der Waals surface area (Å²) in [5.74, 6) is 0.591. The van der Waals surface area contributed by atoms with Crippen LogP contribution in [0.25, 0.3) is 0 Å². The SMILES string of the molecule is O=C(CN1CCSC1=O)Nc1ccc(Sc2ccc(Br)cc2)cc1. The third-order valence-electron chi connectivity index (χ3n) is 3.37. The average molecular weight is 423 g/mol. The Kier molecular flexibility index (Phi) is 5.86. The normalized spacial score (nSPS) is 14.0. The number of nitrogens with zero attached hydrogens (tertiary/aromatic N) is 1. The Balaban J connectivity index is 1.55. The summed E-state index contributed by atoms with van der Waals surface area (Å²) >= 11 is 6.34. The van der Waals surface area contributed by atoms with E-state index < -0.39 is 0 Å². The second kappa shape index (κ2) is 8.09. The van der Waals surface area contributed by atoms with E-state index >= 15 is 0 Å². The van der Waals surface area contributed by atoms with Crippen molar-refractivity contribution in [2.24, 2.45) is 0 Å². The molecule has 3 rings (SSSR count). The van der Waals surface area contributed by atoms with Gasteiger partial charge in [0, 0.05) is 32.2 Å². The van der Waals surface area contributed by atoms with Crippen LogP contribution in [0.5, 0.6) is 0 Å². The smallest absolute Gasteiger partial charge is 0.282 e. The van der Waals surface area contributed by atoms with E-state index in [4.69, 9.17) is 0 Å². The molecule has 1 aliphatic rings. The minimum absolute atomic E-state index is 0.0219. The monoisotopic (exact) mass is 422 g/mol. The van der Waals surface area contributed by atoms with Gasteiger partial charge < -0.3 is 10.2 Å². The molecule has 0 spiro atoms. The number of hydrogen-bond acceptors (Lipinski definition) is 4. The van der Waals surface area contributed by atoms with E-state index in [1.807, 2.05) is 36.4 Å². The molecule has 2 amide bonds. The highest BCUT2D eigenvalue weighted by molar-refractivity contribution is 9.10. The van der Waals surface area contributed by atoms with Crippen LogP contribution in [0, 0.1) is 0 Å². The maximum Gasteiger partial charge on any atom is 0.282 e. The van der Waals surface area contributed by atoms with Crippen molar-refractivity contribution in [1.29, 1.82) is 0 Å². The first-order valence-electron chi connectivity index (χ1n) is 7.35. The summed E-state index contributed by atoms with van der Waals surface area (Å²) < 4.78 is 1.06. The molecule has 0 radical (unpaired) electrons. The molecule has 1 N–H and O–H groups in total. The predicted molar refractivity (Wildman–Crippen MR) is 103 cm³/mol. The van der Waals surface area contributed by atoms with Crippen LogP contribution in [0.4, 0.5) is 10.5 Å². The summed E-state index contributed by atoms with van der Waals surface area (Å²) in [6.07, 6.45) is 0. The van der Waals surface area contributed by atoms with Gasteiger partial charge in [-0.1, -0.05) is 39.5 Å². The zero-order valence-electron chi connectivity index (χ0n) is 12.7. The molecule has 0 bridgehead atoms. The number of anilines is 1. The van der Waals surface area contributed by atoms with Crippen molar-refractivity contribution in [1.82, 2.24) is 4.90 Å². The molecule has 0 saturated carbocycles. The Bertz CT molecular complexity index is 735. The summed E-state index contributed by atoms with van der Waals surface area (Å²) in [6.45, 7) is 0.751. The number of amides is 2. The van der Waals surface area contributed by atoms with E-state index in [1.165, 1.54) is 11.8 Å². The number of rotatable bonds is 5. The molecule has 124 valence electrons. The van der Waals surface area contributed by atoms with Crippen molar-refractivity contribution in [3.8, 4) is 0 Å². The van der Waals surface area contributed by atoms with Gasteiger partial charge in [-0.25, -0.2) is 0 Å². The van der Waals surface area contributed by atoms with Crippen molar-refractivity contribution in [3.63, 3.8) is 0 Å². The highest BCUT2D eigenvalue weighted by atomic mass is 79.9. The third kappa shape index (κ3) is 4.78. The molecule has 0 aromatic heterocycles. The van der Waals surface area contributed by atoms with Crippen molar-refractivity contribution < 1.29 is 9.59 Å². The van der Waals surface area contributed by atoms with Gasteiger partial charge in [0.15, 0.2) is 0 Å². The van der Waals surface area contributed by atoms with Crippen LogP contribution in [0.1, 0.15) is 0 Å². The second-order valence-corrected chi connectivity index (χ2v) is 8.27. The van der Waals surface area contributed by atoms with Crippen molar-refractivity contribution in [2.45, 2.75) is 9.79 Å². The van der Waals surface area contributed by atoms with Crippen molar-refractivity contribution >= 4 is 56.3 Å². The number of carbonyl (C=O) groups is 2. The molecule has 1 heterocycles. The number of thioether (sulfide) groups is 1. The van der Waals surface area contributed by atoms with Crippen LogP contribution in [0.2, 0.25) is 0 Å². The van der Waals surface area contributed by atoms with Crippen molar-refractivity contribution in [3.05, 3.63) is 53.0 Å². The first-order valence-corrected chi connectivity index (χ1v) is 9.95. The van der Waals surface area contributed by atoms with Gasteiger partial charge in [0.2, 0.25) is 5.91 Å². The number of benzene rings is 2. The van der Waals surface area contributed by atoms with Crippen LogP contribution >= 0.6 is 39.5 Å². The quantitative estimate of drug-likeness (QED) is 0.757. The molecule has 0 atom stereocenters. The van der Waals surface area contributed by atoms with Crippen LogP contribution in [0.3, 0.4) is 0 Å². The molecule has 2 aromatic rings. The third-order valence-corrected chi connectivity index (χ3v) is 5.80. The minimum Gasteiger partial charge on any atom is -0.325 e. The second-order valence-electron chi connectivity index (χ2n) is 5.16. The average Bonchev–Trinajstić information content (AvgIpc) is 2.96. The zero-order chi connectivity index (χ0) is 16.9. The molecule has 1 aliphatic heterocycles. The lowest BCUT2D eigenvalue weighted by Gasteiger charge is -2.14. The van der Waals surface area contributed by atoms with E-state index in [0.717, 1.165) is 25.7 Å². The Morgan fingerprint density at radius 1 is 1.12 bits per heavy atom. The first-order chi connectivity index (χ1) is 11.6. The van der Waals surface area contributed by atoms with Gasteiger partial charge in [-0.05, 0) is 48.5 Å². The molecule has 1 fully saturated rings. The molecule has 1 saturated heterocycles. The Morgan fingerprint density at radius 2 is 1.75 bits per heavy atom. The molecular formula is C17H15BrN2O2S2. The number of halogens is 1. The minimum atomic E-state index is -0.167. The fourth-order valence-electron chi connectivity index (χ4n) is 2.19. The van der Waals surface area contributed by atoms with Gasteiger partial charge in [-0.15, -0.1) is 0 Å². The molecular weight excluding hydrogens is 408 g/mol. The lowest BCUT2D eigenvalue weighted by molar-refractivity contribution is -0.116. The van der Waals surface area contributed by atoms with Gasteiger partial charge in [-0.3, -0.25) is 9.59 Å². The first kappa shape index (κ1) is 17.4. The van der Waals surface area contributed by atoms with Gasteiger partial charge in [-0.2, -0.15) is 0 Å². The number of nitrogens with one attached hydrogen (secondary N) is 1. The van der Waals surface area contributed by atoms with Gasteiger partial charge in [0.1, 0.15) is 6.54 Å². The van der Waals surface area contributed by atoms with Crippen LogP contribution in [0.15, 0.2) is 62.8 Å². The lowest BCUT2D eigenvalue weighted by atomic mass is 10.3. The van der Waals surface area contributed by atoms with Crippen LogP contribution in [-0.4, -0.2) is 34.9 Å². The van der Waals surface area contributed by atoms with E-state index in [-0.39, 0.29) is 17.7 Å². The van der Waals surface area contributed by atoms with Gasteiger partial charge >= 0.3 is 0 Å². The molecule has 7 heteroatoms. The summed E-state index contributed by atoms with van der Waals surface area (Å²) in [6, 6.07) is 15.8. The standard InChI is InChI=1S/C17H15BrN2O2S2/c18-12-1-5-14(6-2-12)24-15-7-3-13(4-8-15)19-16(21)11-20-9-10-23-17(20)22/h1-8H,9-11H2,(H,19,21). The Morgan fingerprint density at radius 3 is 2.33 bits per heavy atom. The summed E-state index contributed by atoms with van der Waals surface area (Å²) in [7, 11) is 0. The zero-order valence-corrected chi connectivity index (χ0v) is 15.9. The fourth-order valence-corrected chi connectivity index (χ4v) is 4.09. The summed E-state index contributed by atoms with van der Waals surface area (Å²) in [5, 5.41) is 2.81. The number of hydrogen-bond donors (Lipinski definition) is 1. The van der Waals surface area contributed by atoms with Crippen LogP contribution < -0.4 is 5.32 Å². The van der Waals surface area contributed by atoms with E-state index in [1.54, 1.807) is 16.7 Å². The van der Waals surface area contributed by atoms with E-state index in [0.29, 0.717) is 6.54 Å². The lowest BCUT2D eigenvalue weighted by Crippen LogP contribution is -2.33. The summed E-state index contributed by atoms with van der Waals surface area (Å²) in [5.41, 5.74) is 0.736. The largest absolute Gasteiger partial charge is 0.325 e. The van der Waals surface area contributed by atoms with E-state index in [9.17, 15) is 9.59 Å². The number of carbonyl (C=O) groups excluding carboxylic acids is 2. The van der Waals surface area contributed by atoms with E-state index in [2.05, 4.69) is 33.4 Å². The molecule has 4 nitrogen and oxygen atoms in total. The molecule has 0 unspecified atom stereocenters. The van der Waals surface area contributed by atoms with Gasteiger partial charge in [0.25, 0.3) is 5.24 Å². The van der Waals surface area contributed by atoms with Crippen LogP contribution in [-0.2, 0) is 4.79 Å². The maximum absolute atomic E-state index is 12.0. The van der Waals surface area contributed by atoms with Crippen molar-refractivity contribution in [2.75, 3.05) is 24.2 Å². The highest BCUT2D eigenvalue weighted by Gasteiger charge is 2.23. The fraction of sp³-hybridized carbons (Fsp3) is 0.176. The Labute approximate surface area is 157 Å². The topological polar surface area (TPSA) is 49.4 Å². The Hall–Kier alpha value is -1.44. The predicted octanol–water partition coefficient (Wildman–Crippen LogP) is 4.71. The molecule has 2 aromatic carbocycles. The van der Waals surface area contributed by atoms with Gasteiger partial charge in [0.05, 0.1) is 0 Å². The molecule has 24 heavy (non-hydrogen) atoms. The molecule has 0 aliphatic carbocycles. The maximum atomic E-state index is 12.0. The summed E-state index contributed by atoms with van der Waals surface area (Å²) in [4.78, 5) is 27.3. The highest BCUT2D eigenvalue weighted by Crippen LogP contribution is 2.29.